The van der Waals surface area contributed by atoms with Crippen molar-refractivity contribution in [1.82, 2.24) is 9.29 Å². The predicted molar refractivity (Wildman–Crippen MR) is 81.8 cm³/mol. The van der Waals surface area contributed by atoms with Crippen LogP contribution in [0.5, 0.6) is 0 Å². The third-order valence-corrected chi connectivity index (χ3v) is 5.43. The number of ether oxygens (including phenoxy) is 1. The van der Waals surface area contributed by atoms with E-state index in [4.69, 9.17) is 4.74 Å². The fourth-order valence-electron chi connectivity index (χ4n) is 2.46. The summed E-state index contributed by atoms with van der Waals surface area (Å²) >= 11 is 0. The molecule has 1 aliphatic heterocycles. The average Bonchev–Trinajstić information content (AvgIpc) is 2.49. The van der Waals surface area contributed by atoms with Crippen molar-refractivity contribution in [3.05, 3.63) is 18.3 Å². The lowest BCUT2D eigenvalue weighted by atomic mass is 10.0. The Balaban J connectivity index is 2.16. The van der Waals surface area contributed by atoms with E-state index in [2.05, 4.69) is 10.3 Å². The van der Waals surface area contributed by atoms with E-state index in [1.165, 1.54) is 10.5 Å². The lowest BCUT2D eigenvalue weighted by Gasteiger charge is -2.26. The molecule has 1 aromatic heterocycles. The zero-order valence-electron chi connectivity index (χ0n) is 12.6. The minimum Gasteiger partial charge on any atom is -0.383 e. The van der Waals surface area contributed by atoms with Gasteiger partial charge < -0.3 is 10.1 Å². The lowest BCUT2D eigenvalue weighted by molar-refractivity contribution is 0.0620. The van der Waals surface area contributed by atoms with Crippen LogP contribution in [-0.4, -0.2) is 51.1 Å². The fraction of sp³-hybridized carbons (Fsp3) is 0.643. The monoisotopic (exact) mass is 313 g/mol. The van der Waals surface area contributed by atoms with Gasteiger partial charge in [0.2, 0.25) is 0 Å². The van der Waals surface area contributed by atoms with Crippen LogP contribution >= 0.6 is 0 Å². The molecule has 6 nitrogen and oxygen atoms in total. The summed E-state index contributed by atoms with van der Waals surface area (Å²) in [6.07, 6.45) is 3.32. The highest BCUT2D eigenvalue weighted by atomic mass is 32.2. The second kappa shape index (κ2) is 7.20. The Labute approximate surface area is 126 Å². The largest absolute Gasteiger partial charge is 0.383 e. The molecule has 0 radical (unpaired) electrons. The van der Waals surface area contributed by atoms with Gasteiger partial charge in [0.05, 0.1) is 5.69 Å². The summed E-state index contributed by atoms with van der Waals surface area (Å²) in [4.78, 5) is 4.07. The molecule has 0 saturated carbocycles. The number of sulfonamides is 1. The van der Waals surface area contributed by atoms with Gasteiger partial charge in [0, 0.05) is 39.5 Å². The maximum atomic E-state index is 12.7. The number of aromatic nitrogens is 1. The molecule has 2 rings (SSSR count). The Morgan fingerprint density at radius 3 is 2.81 bits per heavy atom. The van der Waals surface area contributed by atoms with Crippen LogP contribution in [-0.2, 0) is 14.8 Å². The van der Waals surface area contributed by atoms with Gasteiger partial charge in [-0.15, -0.1) is 0 Å². The van der Waals surface area contributed by atoms with E-state index in [1.807, 2.05) is 6.92 Å². The molecule has 0 atom stereocenters. The molecule has 0 aromatic carbocycles. The van der Waals surface area contributed by atoms with Crippen LogP contribution < -0.4 is 5.32 Å². The van der Waals surface area contributed by atoms with Gasteiger partial charge in [-0.1, -0.05) is 0 Å². The summed E-state index contributed by atoms with van der Waals surface area (Å²) in [5.41, 5.74) is 0.554. The summed E-state index contributed by atoms with van der Waals surface area (Å²) in [6.45, 7) is 4.51. The molecule has 0 aliphatic carbocycles. The molecule has 1 aromatic rings. The first-order valence-corrected chi connectivity index (χ1v) is 8.72. The zero-order valence-corrected chi connectivity index (χ0v) is 13.4. The Morgan fingerprint density at radius 1 is 1.43 bits per heavy atom. The number of anilines is 1. The van der Waals surface area contributed by atoms with Crippen molar-refractivity contribution < 1.29 is 13.2 Å². The van der Waals surface area contributed by atoms with Gasteiger partial charge >= 0.3 is 0 Å². The lowest BCUT2D eigenvalue weighted by Crippen LogP contribution is -2.35. The van der Waals surface area contributed by atoms with E-state index in [0.29, 0.717) is 37.9 Å². The Bertz CT molecular complexity index is 556. The first-order valence-electron chi connectivity index (χ1n) is 7.28. The number of rotatable bonds is 6. The molecule has 118 valence electrons. The van der Waals surface area contributed by atoms with Crippen molar-refractivity contribution in [2.45, 2.75) is 24.8 Å². The third kappa shape index (κ3) is 3.93. The van der Waals surface area contributed by atoms with Crippen molar-refractivity contribution in [3.63, 3.8) is 0 Å². The van der Waals surface area contributed by atoms with Crippen LogP contribution in [0.15, 0.2) is 23.4 Å². The molecular weight excluding hydrogens is 290 g/mol. The predicted octanol–water partition coefficient (Wildman–Crippen LogP) is 1.56. The van der Waals surface area contributed by atoms with Gasteiger partial charge in [0.25, 0.3) is 10.0 Å². The van der Waals surface area contributed by atoms with Gasteiger partial charge in [0.1, 0.15) is 0 Å². The van der Waals surface area contributed by atoms with Crippen LogP contribution in [0.4, 0.5) is 5.69 Å². The minimum absolute atomic E-state index is 0.0985. The topological polar surface area (TPSA) is 71.5 Å². The third-order valence-electron chi connectivity index (χ3n) is 3.65. The number of nitrogens with zero attached hydrogens (tertiary/aromatic N) is 2. The first kappa shape index (κ1) is 16.2. The normalized spacial score (nSPS) is 17.1. The van der Waals surface area contributed by atoms with E-state index < -0.39 is 10.0 Å². The van der Waals surface area contributed by atoms with Crippen molar-refractivity contribution in [2.75, 3.05) is 38.7 Å². The molecular formula is C14H23N3O3S. The first-order chi connectivity index (χ1) is 10.1. The van der Waals surface area contributed by atoms with Crippen molar-refractivity contribution in [1.29, 1.82) is 0 Å². The fourth-order valence-corrected chi connectivity index (χ4v) is 3.77. The number of nitrogens with one attached hydrogen (secondary N) is 1. The summed E-state index contributed by atoms with van der Waals surface area (Å²) < 4.78 is 32.1. The van der Waals surface area contributed by atoms with Crippen LogP contribution in [0.2, 0.25) is 0 Å². The van der Waals surface area contributed by atoms with Gasteiger partial charge in [-0.2, -0.15) is 4.31 Å². The van der Waals surface area contributed by atoms with E-state index in [0.717, 1.165) is 12.8 Å². The molecule has 1 saturated heterocycles. The number of hydrogen-bond donors (Lipinski definition) is 1. The molecule has 2 heterocycles. The highest BCUT2D eigenvalue weighted by molar-refractivity contribution is 7.89. The standard InChI is InChI=1S/C14H23N3O3S/c1-3-15-13-5-4-8-16-14(13)21(18,19)17(2)11-12-6-9-20-10-7-12/h4-5,8,12,15H,3,6-7,9-11H2,1-2H3. The zero-order chi connectivity index (χ0) is 15.3. The molecule has 1 fully saturated rings. The molecule has 21 heavy (non-hydrogen) atoms. The molecule has 1 N–H and O–H groups in total. The highest BCUT2D eigenvalue weighted by Gasteiger charge is 2.28. The second-order valence-corrected chi connectivity index (χ2v) is 7.19. The minimum atomic E-state index is -3.57. The van der Waals surface area contributed by atoms with Crippen molar-refractivity contribution in [2.24, 2.45) is 5.92 Å². The van der Waals surface area contributed by atoms with Crippen LogP contribution in [0.1, 0.15) is 19.8 Å². The average molecular weight is 313 g/mol. The SMILES string of the molecule is CCNc1cccnc1S(=O)(=O)N(C)CC1CCOCC1. The van der Waals surface area contributed by atoms with E-state index >= 15 is 0 Å². The van der Waals surface area contributed by atoms with Crippen LogP contribution in [0, 0.1) is 5.92 Å². The maximum Gasteiger partial charge on any atom is 0.262 e. The van der Waals surface area contributed by atoms with Crippen molar-refractivity contribution in [3.8, 4) is 0 Å². The smallest absolute Gasteiger partial charge is 0.262 e. The molecule has 0 bridgehead atoms. The van der Waals surface area contributed by atoms with E-state index in [9.17, 15) is 8.42 Å². The summed E-state index contributed by atoms with van der Waals surface area (Å²) in [5, 5.41) is 3.15. The molecule has 0 unspecified atom stereocenters. The van der Waals surface area contributed by atoms with Crippen LogP contribution in [0.3, 0.4) is 0 Å². The second-order valence-electron chi connectivity index (χ2n) is 5.23. The Kier molecular flexibility index (Phi) is 5.55. The molecule has 0 amide bonds. The Hall–Kier alpha value is -1.18. The van der Waals surface area contributed by atoms with E-state index in [1.54, 1.807) is 19.2 Å². The maximum absolute atomic E-state index is 12.7. The van der Waals surface area contributed by atoms with Gasteiger partial charge in [-0.05, 0) is 37.8 Å². The summed E-state index contributed by atoms with van der Waals surface area (Å²) in [7, 11) is -1.95. The quantitative estimate of drug-likeness (QED) is 0.863. The van der Waals surface area contributed by atoms with Crippen molar-refractivity contribution >= 4 is 15.7 Å². The van der Waals surface area contributed by atoms with Crippen LogP contribution in [0.25, 0.3) is 0 Å². The summed E-state index contributed by atoms with van der Waals surface area (Å²) in [5.74, 6) is 0.352. The summed E-state index contributed by atoms with van der Waals surface area (Å²) in [6, 6.07) is 3.47. The van der Waals surface area contributed by atoms with Gasteiger partial charge in [0.15, 0.2) is 5.03 Å². The molecule has 0 spiro atoms. The number of pyridine rings is 1. The van der Waals surface area contributed by atoms with Gasteiger partial charge in [-0.3, -0.25) is 0 Å². The highest BCUT2D eigenvalue weighted by Crippen LogP contribution is 2.23. The van der Waals surface area contributed by atoms with E-state index in [-0.39, 0.29) is 5.03 Å². The molecule has 1 aliphatic rings. The molecule has 7 heteroatoms. The van der Waals surface area contributed by atoms with Gasteiger partial charge in [-0.25, -0.2) is 13.4 Å². The Morgan fingerprint density at radius 2 is 2.14 bits per heavy atom. The number of hydrogen-bond acceptors (Lipinski definition) is 5.